The molecule has 0 radical (unpaired) electrons. The van der Waals surface area contributed by atoms with Gasteiger partial charge in [-0.05, 0) is 74.8 Å². The fraction of sp³-hybridized carbons (Fsp3) is 0.885. The second kappa shape index (κ2) is 14.1. The van der Waals surface area contributed by atoms with E-state index in [4.69, 9.17) is 4.74 Å². The van der Waals surface area contributed by atoms with Crippen LogP contribution in [0.2, 0.25) is 0 Å². The van der Waals surface area contributed by atoms with Gasteiger partial charge in [0, 0.05) is 30.2 Å². The van der Waals surface area contributed by atoms with E-state index in [0.29, 0.717) is 13.0 Å². The first-order valence-electron chi connectivity index (χ1n) is 12.4. The number of aromatic nitrogens is 3. The number of hydrogen-bond acceptors (Lipinski definition) is 5. The Kier molecular flexibility index (Phi) is 14.5. The van der Waals surface area contributed by atoms with Crippen molar-refractivity contribution >= 4 is 5.78 Å². The normalized spacial score (nSPS) is 12.4. The van der Waals surface area contributed by atoms with Crippen LogP contribution in [-0.4, -0.2) is 45.6 Å². The predicted molar refractivity (Wildman–Crippen MR) is 137 cm³/mol. The molecule has 0 aromatic carbocycles. The fourth-order valence-electron chi connectivity index (χ4n) is 3.38. The third kappa shape index (κ3) is 12.1. The Morgan fingerprint density at radius 3 is 2.00 bits per heavy atom. The van der Waals surface area contributed by atoms with Crippen LogP contribution >= 0.6 is 0 Å². The second-order valence-electron chi connectivity index (χ2n) is 10.6. The summed E-state index contributed by atoms with van der Waals surface area (Å²) in [6.45, 7) is 27.5. The van der Waals surface area contributed by atoms with Crippen LogP contribution in [0.3, 0.4) is 0 Å². The third-order valence-corrected chi connectivity index (χ3v) is 5.66. The van der Waals surface area contributed by atoms with Crippen molar-refractivity contribution in [3.63, 3.8) is 0 Å². The molecule has 0 aliphatic rings. The lowest BCUT2D eigenvalue weighted by molar-refractivity contribution is -0.118. The van der Waals surface area contributed by atoms with Crippen LogP contribution in [0.25, 0.3) is 0 Å². The molecule has 6 heteroatoms. The zero-order chi connectivity index (χ0) is 25.8. The molecule has 1 aromatic rings. The summed E-state index contributed by atoms with van der Waals surface area (Å²) in [6, 6.07) is 0. The molecule has 1 N–H and O–H groups in total. The van der Waals surface area contributed by atoms with E-state index in [-0.39, 0.29) is 27.9 Å². The van der Waals surface area contributed by atoms with Gasteiger partial charge in [0.2, 0.25) is 0 Å². The van der Waals surface area contributed by atoms with Gasteiger partial charge in [0.15, 0.2) is 0 Å². The summed E-state index contributed by atoms with van der Waals surface area (Å²) in [5.74, 6) is 0.206. The molecule has 190 valence electrons. The zero-order valence-electron chi connectivity index (χ0n) is 23.8. The van der Waals surface area contributed by atoms with E-state index in [0.717, 1.165) is 25.0 Å². The van der Waals surface area contributed by atoms with Gasteiger partial charge in [-0.15, -0.1) is 5.10 Å². The summed E-state index contributed by atoms with van der Waals surface area (Å²) in [4.78, 5) is 11.2. The number of Topliss-reactive ketones (excluding diaryl/α,β-unsaturated/α-hetero) is 1. The zero-order valence-corrected chi connectivity index (χ0v) is 23.8. The molecule has 0 aliphatic carbocycles. The van der Waals surface area contributed by atoms with Gasteiger partial charge < -0.3 is 14.8 Å². The quantitative estimate of drug-likeness (QED) is 0.402. The van der Waals surface area contributed by atoms with Gasteiger partial charge in [0.25, 0.3) is 0 Å². The first-order valence-corrected chi connectivity index (χ1v) is 12.4. The minimum absolute atomic E-state index is 0.0183. The molecule has 0 atom stereocenters. The van der Waals surface area contributed by atoms with Crippen molar-refractivity contribution in [3.8, 4) is 0 Å². The maximum Gasteiger partial charge on any atom is 0.129 e. The lowest BCUT2D eigenvalue weighted by Gasteiger charge is -2.34. The maximum absolute atomic E-state index is 11.2. The maximum atomic E-state index is 11.2. The summed E-state index contributed by atoms with van der Waals surface area (Å²) < 4.78 is 8.06. The highest BCUT2D eigenvalue weighted by Crippen LogP contribution is 2.30. The Balaban J connectivity index is 0. The van der Waals surface area contributed by atoms with Crippen LogP contribution in [0.5, 0.6) is 0 Å². The predicted octanol–water partition coefficient (Wildman–Crippen LogP) is 6.29. The van der Waals surface area contributed by atoms with Crippen molar-refractivity contribution in [1.82, 2.24) is 20.3 Å². The molecule has 0 amide bonds. The Bertz CT molecular complexity index is 646. The average molecular weight is 455 g/mol. The van der Waals surface area contributed by atoms with Gasteiger partial charge in [-0.1, -0.05) is 46.8 Å². The molecular formula is C26H54N4O2. The minimum atomic E-state index is -0.292. The van der Waals surface area contributed by atoms with Crippen LogP contribution in [0.15, 0.2) is 6.20 Å². The van der Waals surface area contributed by atoms with Gasteiger partial charge in [0.05, 0.1) is 16.8 Å². The summed E-state index contributed by atoms with van der Waals surface area (Å²) in [6.07, 6.45) is 5.16. The Morgan fingerprint density at radius 1 is 1.00 bits per heavy atom. The van der Waals surface area contributed by atoms with E-state index in [1.807, 2.05) is 53.3 Å². The molecule has 32 heavy (non-hydrogen) atoms. The number of nitrogens with zero attached hydrogens (tertiary/aromatic N) is 3. The summed E-state index contributed by atoms with van der Waals surface area (Å²) in [7, 11) is 1.99. The van der Waals surface area contributed by atoms with E-state index < -0.39 is 0 Å². The molecule has 0 bridgehead atoms. The van der Waals surface area contributed by atoms with Gasteiger partial charge in [0.1, 0.15) is 5.78 Å². The number of ether oxygens (including phenoxy) is 1. The lowest BCUT2D eigenvalue weighted by atomic mass is 9.85. The number of hydrogen-bond donors (Lipinski definition) is 1. The monoisotopic (exact) mass is 454 g/mol. The van der Waals surface area contributed by atoms with Gasteiger partial charge in [-0.25, -0.2) is 4.68 Å². The molecular weight excluding hydrogens is 400 g/mol. The molecule has 0 fully saturated rings. The van der Waals surface area contributed by atoms with Crippen molar-refractivity contribution in [3.05, 3.63) is 11.9 Å². The lowest BCUT2D eigenvalue weighted by Crippen LogP contribution is -2.44. The number of carbonyl (C=O) groups is 1. The second-order valence-corrected chi connectivity index (χ2v) is 10.6. The van der Waals surface area contributed by atoms with E-state index in [1.165, 1.54) is 0 Å². The highest BCUT2D eigenvalue weighted by Gasteiger charge is 2.32. The van der Waals surface area contributed by atoms with Crippen LogP contribution < -0.4 is 5.32 Å². The topological polar surface area (TPSA) is 69.0 Å². The first kappa shape index (κ1) is 32.9. The average Bonchev–Trinajstić information content (AvgIpc) is 3.21. The SMILES string of the molecule is CC.CC.CNC(C)(C)CC(C)(C)n1cc(C(C)(C)CCOC(C)(C)CCC(C)=O)nn1. The largest absolute Gasteiger partial charge is 0.376 e. The molecule has 0 saturated carbocycles. The molecule has 6 nitrogen and oxygen atoms in total. The molecule has 0 saturated heterocycles. The summed E-state index contributed by atoms with van der Waals surface area (Å²) in [5.41, 5.74) is 0.431. The molecule has 1 aromatic heterocycles. The Morgan fingerprint density at radius 2 is 1.53 bits per heavy atom. The van der Waals surface area contributed by atoms with Crippen LogP contribution in [-0.2, 0) is 20.5 Å². The van der Waals surface area contributed by atoms with Gasteiger partial charge >= 0.3 is 0 Å². The Labute approximate surface area is 199 Å². The summed E-state index contributed by atoms with van der Waals surface area (Å²) >= 11 is 0. The van der Waals surface area contributed by atoms with Crippen LogP contribution in [0.1, 0.15) is 121 Å². The molecule has 0 aliphatic heterocycles. The van der Waals surface area contributed by atoms with Gasteiger partial charge in [-0.2, -0.15) is 0 Å². The van der Waals surface area contributed by atoms with Crippen LogP contribution in [0.4, 0.5) is 0 Å². The standard InChI is InChI=1S/C22H42N4O2.2C2H6/c1-17(27)11-12-22(8,9)28-14-13-19(2,3)18-15-26(25-24-18)21(6,7)16-20(4,5)23-10;2*1-2/h15,23H,11-14,16H2,1-10H3;2*1-2H3. The summed E-state index contributed by atoms with van der Waals surface area (Å²) in [5, 5.41) is 12.3. The third-order valence-electron chi connectivity index (χ3n) is 5.66. The van der Waals surface area contributed by atoms with Crippen molar-refractivity contribution in [2.75, 3.05) is 13.7 Å². The van der Waals surface area contributed by atoms with E-state index >= 15 is 0 Å². The molecule has 0 spiro atoms. The molecule has 1 heterocycles. The Hall–Kier alpha value is -1.27. The van der Waals surface area contributed by atoms with Crippen molar-refractivity contribution < 1.29 is 9.53 Å². The van der Waals surface area contributed by atoms with E-state index in [2.05, 4.69) is 63.4 Å². The van der Waals surface area contributed by atoms with E-state index in [1.54, 1.807) is 6.92 Å². The highest BCUT2D eigenvalue weighted by atomic mass is 16.5. The van der Waals surface area contributed by atoms with E-state index in [9.17, 15) is 4.79 Å². The van der Waals surface area contributed by atoms with Crippen molar-refractivity contribution in [1.29, 1.82) is 0 Å². The number of nitrogens with one attached hydrogen (secondary N) is 1. The number of rotatable bonds is 12. The number of carbonyl (C=O) groups excluding carboxylic acids is 1. The highest BCUT2D eigenvalue weighted by molar-refractivity contribution is 5.75. The van der Waals surface area contributed by atoms with Crippen molar-refractivity contribution in [2.45, 2.75) is 138 Å². The van der Waals surface area contributed by atoms with Crippen LogP contribution in [0, 0.1) is 0 Å². The smallest absolute Gasteiger partial charge is 0.129 e. The molecule has 1 rings (SSSR count). The minimum Gasteiger partial charge on any atom is -0.376 e. The first-order chi connectivity index (χ1) is 14.6. The van der Waals surface area contributed by atoms with Crippen molar-refractivity contribution in [2.24, 2.45) is 0 Å². The van der Waals surface area contributed by atoms with Gasteiger partial charge in [-0.3, -0.25) is 0 Å². The fourth-order valence-corrected chi connectivity index (χ4v) is 3.38. The number of ketones is 1. The molecule has 0 unspecified atom stereocenters.